The summed E-state index contributed by atoms with van der Waals surface area (Å²) < 4.78 is 0.888. The molecule has 0 bridgehead atoms. The molecular weight excluding hydrogens is 294 g/mol. The molecule has 0 radical (unpaired) electrons. The number of aromatic nitrogens is 2. The largest absolute Gasteiger partial charge is 0.319 e. The maximum atomic E-state index is 12.2. The standard InChI is InChI=1S/C13H14BrN3O/c1-7-4-5-10(14)6-11(7)13(18)15-12-8(2)16-17-9(12)3/h4-6H,1-3H3,(H,15,18)(H,16,17). The van der Waals surface area contributed by atoms with E-state index in [1.54, 1.807) is 0 Å². The van der Waals surface area contributed by atoms with E-state index in [4.69, 9.17) is 0 Å². The molecule has 0 aliphatic heterocycles. The minimum Gasteiger partial charge on any atom is -0.319 e. The number of anilines is 1. The number of hydrogen-bond donors (Lipinski definition) is 2. The number of nitrogens with zero attached hydrogens (tertiary/aromatic N) is 1. The van der Waals surface area contributed by atoms with Gasteiger partial charge in [-0.2, -0.15) is 5.10 Å². The number of halogens is 1. The first-order valence-corrected chi connectivity index (χ1v) is 6.37. The monoisotopic (exact) mass is 307 g/mol. The summed E-state index contributed by atoms with van der Waals surface area (Å²) in [6, 6.07) is 5.64. The van der Waals surface area contributed by atoms with Crippen LogP contribution in [0.4, 0.5) is 5.69 Å². The summed E-state index contributed by atoms with van der Waals surface area (Å²) in [5.74, 6) is -0.124. The number of carbonyl (C=O) groups excluding carboxylic acids is 1. The Bertz CT molecular complexity index is 585. The van der Waals surface area contributed by atoms with Crippen molar-refractivity contribution < 1.29 is 4.79 Å². The summed E-state index contributed by atoms with van der Waals surface area (Å²) in [4.78, 5) is 12.2. The molecule has 0 unspecified atom stereocenters. The average Bonchev–Trinajstić information content (AvgIpc) is 2.64. The summed E-state index contributed by atoms with van der Waals surface area (Å²) in [6.07, 6.45) is 0. The first kappa shape index (κ1) is 12.8. The summed E-state index contributed by atoms with van der Waals surface area (Å²) in [6.45, 7) is 5.65. The molecule has 0 saturated heterocycles. The summed E-state index contributed by atoms with van der Waals surface area (Å²) >= 11 is 3.37. The van der Waals surface area contributed by atoms with E-state index in [0.29, 0.717) is 5.56 Å². The predicted molar refractivity (Wildman–Crippen MR) is 74.9 cm³/mol. The van der Waals surface area contributed by atoms with Gasteiger partial charge in [0.25, 0.3) is 5.91 Å². The number of nitrogens with one attached hydrogen (secondary N) is 2. The van der Waals surface area contributed by atoms with E-state index in [0.717, 1.165) is 27.1 Å². The summed E-state index contributed by atoms with van der Waals surface area (Å²) in [5.41, 5.74) is 3.99. The van der Waals surface area contributed by atoms with Crippen LogP contribution < -0.4 is 5.32 Å². The van der Waals surface area contributed by atoms with Crippen molar-refractivity contribution >= 4 is 27.5 Å². The Hall–Kier alpha value is -1.62. The van der Waals surface area contributed by atoms with Crippen molar-refractivity contribution in [3.63, 3.8) is 0 Å². The first-order chi connectivity index (χ1) is 8.49. The molecule has 1 aromatic carbocycles. The van der Waals surface area contributed by atoms with Gasteiger partial charge in [-0.05, 0) is 38.5 Å². The molecular formula is C13H14BrN3O. The van der Waals surface area contributed by atoms with Crippen LogP contribution in [0.15, 0.2) is 22.7 Å². The lowest BCUT2D eigenvalue weighted by Gasteiger charge is -2.08. The Morgan fingerprint density at radius 3 is 2.67 bits per heavy atom. The highest BCUT2D eigenvalue weighted by Crippen LogP contribution is 2.20. The first-order valence-electron chi connectivity index (χ1n) is 5.58. The van der Waals surface area contributed by atoms with Crippen LogP contribution in [0.3, 0.4) is 0 Å². The van der Waals surface area contributed by atoms with E-state index in [9.17, 15) is 4.79 Å². The smallest absolute Gasteiger partial charge is 0.256 e. The zero-order valence-electron chi connectivity index (χ0n) is 10.5. The van der Waals surface area contributed by atoms with Gasteiger partial charge in [-0.25, -0.2) is 0 Å². The van der Waals surface area contributed by atoms with Crippen molar-refractivity contribution in [3.8, 4) is 0 Å². The van der Waals surface area contributed by atoms with Crippen molar-refractivity contribution in [3.05, 3.63) is 45.2 Å². The molecule has 1 aromatic heterocycles. The molecule has 2 aromatic rings. The summed E-state index contributed by atoms with van der Waals surface area (Å²) in [5, 5.41) is 9.79. The highest BCUT2D eigenvalue weighted by molar-refractivity contribution is 9.10. The highest BCUT2D eigenvalue weighted by atomic mass is 79.9. The Morgan fingerprint density at radius 2 is 2.06 bits per heavy atom. The molecule has 0 atom stereocenters. The molecule has 0 saturated carbocycles. The molecule has 4 nitrogen and oxygen atoms in total. The van der Waals surface area contributed by atoms with Crippen molar-refractivity contribution in [2.24, 2.45) is 0 Å². The molecule has 2 rings (SSSR count). The van der Waals surface area contributed by atoms with Crippen LogP contribution in [-0.2, 0) is 0 Å². The molecule has 5 heteroatoms. The van der Waals surface area contributed by atoms with Gasteiger partial charge >= 0.3 is 0 Å². The van der Waals surface area contributed by atoms with E-state index in [1.165, 1.54) is 0 Å². The minimum atomic E-state index is -0.124. The van der Waals surface area contributed by atoms with Gasteiger partial charge in [-0.1, -0.05) is 22.0 Å². The van der Waals surface area contributed by atoms with Crippen molar-refractivity contribution in [2.45, 2.75) is 20.8 Å². The van der Waals surface area contributed by atoms with E-state index >= 15 is 0 Å². The molecule has 18 heavy (non-hydrogen) atoms. The lowest BCUT2D eigenvalue weighted by atomic mass is 10.1. The van der Waals surface area contributed by atoms with Gasteiger partial charge in [0.2, 0.25) is 0 Å². The zero-order chi connectivity index (χ0) is 13.3. The van der Waals surface area contributed by atoms with Gasteiger partial charge < -0.3 is 5.32 Å². The maximum absolute atomic E-state index is 12.2. The van der Waals surface area contributed by atoms with Crippen LogP contribution in [-0.4, -0.2) is 16.1 Å². The third kappa shape index (κ3) is 2.46. The van der Waals surface area contributed by atoms with Crippen LogP contribution >= 0.6 is 15.9 Å². The highest BCUT2D eigenvalue weighted by Gasteiger charge is 2.13. The van der Waals surface area contributed by atoms with E-state index in [2.05, 4.69) is 31.4 Å². The quantitative estimate of drug-likeness (QED) is 0.894. The average molecular weight is 308 g/mol. The van der Waals surface area contributed by atoms with Gasteiger partial charge in [0.05, 0.1) is 17.1 Å². The van der Waals surface area contributed by atoms with E-state index < -0.39 is 0 Å². The normalized spacial score (nSPS) is 10.4. The number of H-pyrrole nitrogens is 1. The van der Waals surface area contributed by atoms with E-state index in [1.807, 2.05) is 39.0 Å². The van der Waals surface area contributed by atoms with Crippen LogP contribution in [0, 0.1) is 20.8 Å². The lowest BCUT2D eigenvalue weighted by molar-refractivity contribution is 0.102. The third-order valence-electron chi connectivity index (χ3n) is 2.81. The molecule has 2 N–H and O–H groups in total. The molecule has 94 valence electrons. The number of aromatic amines is 1. The van der Waals surface area contributed by atoms with Crippen LogP contribution in [0.25, 0.3) is 0 Å². The minimum absolute atomic E-state index is 0.124. The van der Waals surface area contributed by atoms with Crippen molar-refractivity contribution in [1.82, 2.24) is 10.2 Å². The number of aryl methyl sites for hydroxylation is 3. The molecule has 0 aliphatic carbocycles. The van der Waals surface area contributed by atoms with Gasteiger partial charge in [0.15, 0.2) is 0 Å². The second-order valence-electron chi connectivity index (χ2n) is 4.22. The number of benzene rings is 1. The second kappa shape index (κ2) is 4.94. The topological polar surface area (TPSA) is 57.8 Å². The van der Waals surface area contributed by atoms with Crippen molar-refractivity contribution in [2.75, 3.05) is 5.32 Å². The summed E-state index contributed by atoms with van der Waals surface area (Å²) in [7, 11) is 0. The van der Waals surface area contributed by atoms with Gasteiger partial charge in [0.1, 0.15) is 0 Å². The molecule has 1 heterocycles. The van der Waals surface area contributed by atoms with Crippen molar-refractivity contribution in [1.29, 1.82) is 0 Å². The number of carbonyl (C=O) groups is 1. The van der Waals surface area contributed by atoms with Gasteiger partial charge in [-0.15, -0.1) is 0 Å². The van der Waals surface area contributed by atoms with Crippen LogP contribution in [0.1, 0.15) is 27.3 Å². The Labute approximate surface area is 114 Å². The Kier molecular flexibility index (Phi) is 3.52. The maximum Gasteiger partial charge on any atom is 0.256 e. The SMILES string of the molecule is Cc1ccc(Br)cc1C(=O)Nc1c(C)n[nH]c1C. The second-order valence-corrected chi connectivity index (χ2v) is 5.14. The zero-order valence-corrected chi connectivity index (χ0v) is 12.1. The molecule has 0 aliphatic rings. The number of amides is 1. The number of rotatable bonds is 2. The van der Waals surface area contributed by atoms with Gasteiger partial charge in [0, 0.05) is 10.0 Å². The van der Waals surface area contributed by atoms with Gasteiger partial charge in [-0.3, -0.25) is 9.89 Å². The predicted octanol–water partition coefficient (Wildman–Crippen LogP) is 3.35. The molecule has 0 fully saturated rings. The molecule has 0 spiro atoms. The fraction of sp³-hybridized carbons (Fsp3) is 0.231. The number of hydrogen-bond acceptors (Lipinski definition) is 2. The third-order valence-corrected chi connectivity index (χ3v) is 3.30. The van der Waals surface area contributed by atoms with Crippen LogP contribution in [0.2, 0.25) is 0 Å². The fourth-order valence-electron chi connectivity index (χ4n) is 1.75. The van der Waals surface area contributed by atoms with E-state index in [-0.39, 0.29) is 5.91 Å². The Balaban J connectivity index is 2.30. The molecule has 1 amide bonds. The lowest BCUT2D eigenvalue weighted by Crippen LogP contribution is -2.14. The Morgan fingerprint density at radius 1 is 1.33 bits per heavy atom. The van der Waals surface area contributed by atoms with Crippen LogP contribution in [0.5, 0.6) is 0 Å². The fourth-order valence-corrected chi connectivity index (χ4v) is 2.12.